The Morgan fingerprint density at radius 3 is 2.37 bits per heavy atom. The van der Waals surface area contributed by atoms with Crippen LogP contribution in [0.2, 0.25) is 5.02 Å². The zero-order valence-corrected chi connectivity index (χ0v) is 19.7. The first-order valence-corrected chi connectivity index (χ1v) is 11.3. The molecular weight excluding hydrogens is 418 g/mol. The summed E-state index contributed by atoms with van der Waals surface area (Å²) in [6.07, 6.45) is 0. The summed E-state index contributed by atoms with van der Waals surface area (Å²) in [5.41, 5.74) is 3.49. The van der Waals surface area contributed by atoms with Crippen LogP contribution >= 0.6 is 22.9 Å². The average Bonchev–Trinajstić information content (AvgIpc) is 3.16. The summed E-state index contributed by atoms with van der Waals surface area (Å²) < 4.78 is 6.28. The molecule has 1 amide bonds. The summed E-state index contributed by atoms with van der Waals surface area (Å²) in [7, 11) is 1.61. The molecule has 2 aromatic carbocycles. The molecule has 0 spiro atoms. The van der Waals surface area contributed by atoms with E-state index in [0.717, 1.165) is 35.5 Å². The van der Waals surface area contributed by atoms with Gasteiger partial charge >= 0.3 is 0 Å². The van der Waals surface area contributed by atoms with Crippen LogP contribution in [0.25, 0.3) is 10.2 Å². The van der Waals surface area contributed by atoms with Crippen molar-refractivity contribution < 1.29 is 9.53 Å². The van der Waals surface area contributed by atoms with E-state index in [9.17, 15) is 4.79 Å². The second-order valence-corrected chi connectivity index (χ2v) is 8.67. The number of rotatable bonds is 8. The van der Waals surface area contributed by atoms with Gasteiger partial charge in [-0.15, -0.1) is 0 Å². The van der Waals surface area contributed by atoms with E-state index in [4.69, 9.17) is 21.3 Å². The van der Waals surface area contributed by atoms with Crippen LogP contribution in [0.15, 0.2) is 30.3 Å². The van der Waals surface area contributed by atoms with E-state index in [1.165, 1.54) is 11.3 Å². The van der Waals surface area contributed by atoms with E-state index in [2.05, 4.69) is 24.8 Å². The van der Waals surface area contributed by atoms with E-state index in [1.807, 2.05) is 26.0 Å². The first-order valence-electron chi connectivity index (χ1n) is 10.1. The van der Waals surface area contributed by atoms with E-state index in [1.54, 1.807) is 24.1 Å². The fraction of sp³-hybridized carbons (Fsp3) is 0.391. The van der Waals surface area contributed by atoms with E-state index in [-0.39, 0.29) is 5.91 Å². The maximum absolute atomic E-state index is 13.6. The monoisotopic (exact) mass is 445 g/mol. The fourth-order valence-electron chi connectivity index (χ4n) is 3.54. The third-order valence-corrected chi connectivity index (χ3v) is 6.68. The van der Waals surface area contributed by atoms with E-state index < -0.39 is 0 Å². The molecule has 0 bridgehead atoms. The van der Waals surface area contributed by atoms with Crippen LogP contribution in [0.4, 0.5) is 5.13 Å². The number of nitrogens with zero attached hydrogens (tertiary/aromatic N) is 3. The van der Waals surface area contributed by atoms with Crippen molar-refractivity contribution in [3.8, 4) is 5.75 Å². The number of fused-ring (bicyclic) bond motifs is 1. The fourth-order valence-corrected chi connectivity index (χ4v) is 4.82. The molecule has 0 N–H and O–H groups in total. The summed E-state index contributed by atoms with van der Waals surface area (Å²) in [6.45, 7) is 11.4. The lowest BCUT2D eigenvalue weighted by Crippen LogP contribution is -2.39. The Morgan fingerprint density at radius 2 is 1.77 bits per heavy atom. The smallest absolute Gasteiger partial charge is 0.260 e. The number of thiazole rings is 1. The molecule has 0 saturated heterocycles. The van der Waals surface area contributed by atoms with Crippen LogP contribution < -0.4 is 9.64 Å². The first-order chi connectivity index (χ1) is 14.4. The quantitative estimate of drug-likeness (QED) is 0.455. The van der Waals surface area contributed by atoms with Gasteiger partial charge in [-0.2, -0.15) is 0 Å². The Hall–Kier alpha value is -2.15. The number of carbonyl (C=O) groups excluding carboxylic acids is 1. The van der Waals surface area contributed by atoms with Gasteiger partial charge < -0.3 is 9.64 Å². The number of carbonyl (C=O) groups is 1. The maximum atomic E-state index is 13.6. The highest BCUT2D eigenvalue weighted by Gasteiger charge is 2.24. The van der Waals surface area contributed by atoms with Crippen LogP contribution in [0.5, 0.6) is 5.75 Å². The second-order valence-electron chi connectivity index (χ2n) is 7.28. The molecule has 0 fully saturated rings. The molecular formula is C23H28ClN3O2S. The lowest BCUT2D eigenvalue weighted by atomic mass is 10.1. The Morgan fingerprint density at radius 1 is 1.10 bits per heavy atom. The van der Waals surface area contributed by atoms with Crippen LogP contribution in [-0.2, 0) is 0 Å². The first kappa shape index (κ1) is 22.5. The number of benzene rings is 2. The van der Waals surface area contributed by atoms with Crippen molar-refractivity contribution in [2.24, 2.45) is 0 Å². The highest BCUT2D eigenvalue weighted by atomic mass is 35.5. The molecule has 5 nitrogen and oxygen atoms in total. The lowest BCUT2D eigenvalue weighted by Gasteiger charge is -2.25. The number of likely N-dealkylation sites (N-methyl/N-ethyl adjacent to an activating group) is 1. The molecule has 0 aliphatic rings. The van der Waals surface area contributed by atoms with Gasteiger partial charge in [-0.3, -0.25) is 9.69 Å². The van der Waals surface area contributed by atoms with Crippen LogP contribution in [0, 0.1) is 13.8 Å². The van der Waals surface area contributed by atoms with Crippen molar-refractivity contribution in [2.45, 2.75) is 27.7 Å². The van der Waals surface area contributed by atoms with Crippen molar-refractivity contribution in [2.75, 3.05) is 38.2 Å². The van der Waals surface area contributed by atoms with Crippen molar-refractivity contribution >= 4 is 44.2 Å². The molecule has 0 atom stereocenters. The molecule has 1 heterocycles. The predicted molar refractivity (Wildman–Crippen MR) is 127 cm³/mol. The van der Waals surface area contributed by atoms with Crippen LogP contribution in [0.1, 0.15) is 35.3 Å². The van der Waals surface area contributed by atoms with Crippen molar-refractivity contribution in [3.05, 3.63) is 52.0 Å². The molecule has 0 saturated carbocycles. The minimum Gasteiger partial charge on any atom is -0.494 e. The number of anilines is 1. The predicted octanol–water partition coefficient (Wildman–Crippen LogP) is 5.56. The van der Waals surface area contributed by atoms with Gasteiger partial charge in [0.2, 0.25) is 0 Å². The summed E-state index contributed by atoms with van der Waals surface area (Å²) >= 11 is 7.84. The molecule has 3 rings (SSSR count). The number of hydrogen-bond donors (Lipinski definition) is 0. The SMILES string of the molecule is CCN(CC)CCN(C(=O)c1cc(C)cc(C)c1)c1nc2c(OC)ccc(Cl)c2s1. The summed E-state index contributed by atoms with van der Waals surface area (Å²) in [6, 6.07) is 9.54. The van der Waals surface area contributed by atoms with Gasteiger partial charge in [-0.25, -0.2) is 4.98 Å². The van der Waals surface area contributed by atoms with E-state index in [0.29, 0.717) is 33.5 Å². The van der Waals surface area contributed by atoms with Crippen LogP contribution in [0.3, 0.4) is 0 Å². The Bertz CT molecular complexity index is 1030. The number of ether oxygens (including phenoxy) is 1. The minimum absolute atomic E-state index is 0.0527. The molecule has 0 radical (unpaired) electrons. The van der Waals surface area contributed by atoms with Crippen LogP contribution in [-0.4, -0.2) is 49.1 Å². The molecule has 30 heavy (non-hydrogen) atoms. The largest absolute Gasteiger partial charge is 0.494 e. The van der Waals surface area contributed by atoms with Gasteiger partial charge in [0.25, 0.3) is 5.91 Å². The highest BCUT2D eigenvalue weighted by molar-refractivity contribution is 7.23. The Balaban J connectivity index is 2.06. The molecule has 1 aromatic heterocycles. The number of halogens is 1. The number of methoxy groups -OCH3 is 1. The van der Waals surface area contributed by atoms with Crippen molar-refractivity contribution in [3.63, 3.8) is 0 Å². The maximum Gasteiger partial charge on any atom is 0.260 e. The van der Waals surface area contributed by atoms with E-state index >= 15 is 0 Å². The van der Waals surface area contributed by atoms with Gasteiger partial charge in [0.05, 0.1) is 16.8 Å². The number of amides is 1. The average molecular weight is 446 g/mol. The highest BCUT2D eigenvalue weighted by Crippen LogP contribution is 2.39. The topological polar surface area (TPSA) is 45.7 Å². The number of aryl methyl sites for hydroxylation is 2. The molecule has 3 aromatic rings. The van der Waals surface area contributed by atoms with Gasteiger partial charge in [0.15, 0.2) is 5.13 Å². The van der Waals surface area contributed by atoms with Gasteiger partial charge in [0, 0.05) is 18.7 Å². The van der Waals surface area contributed by atoms with Crippen molar-refractivity contribution in [1.29, 1.82) is 0 Å². The molecule has 0 aliphatic heterocycles. The number of hydrogen-bond acceptors (Lipinski definition) is 5. The third kappa shape index (κ3) is 4.77. The summed E-state index contributed by atoms with van der Waals surface area (Å²) in [4.78, 5) is 22.4. The Kier molecular flexibility index (Phi) is 7.34. The zero-order valence-electron chi connectivity index (χ0n) is 18.2. The van der Waals surface area contributed by atoms with Gasteiger partial charge in [-0.1, -0.05) is 54.0 Å². The minimum atomic E-state index is -0.0527. The summed E-state index contributed by atoms with van der Waals surface area (Å²) in [5.74, 6) is 0.600. The molecule has 160 valence electrons. The molecule has 0 unspecified atom stereocenters. The normalized spacial score (nSPS) is 11.3. The van der Waals surface area contributed by atoms with Crippen molar-refractivity contribution in [1.82, 2.24) is 9.88 Å². The number of aromatic nitrogens is 1. The van der Waals surface area contributed by atoms with Gasteiger partial charge in [0.1, 0.15) is 11.3 Å². The van der Waals surface area contributed by atoms with Gasteiger partial charge in [-0.05, 0) is 51.2 Å². The second kappa shape index (κ2) is 9.77. The summed E-state index contributed by atoms with van der Waals surface area (Å²) in [5, 5.41) is 1.24. The standard InChI is InChI=1S/C23H28ClN3O2S/c1-6-26(7-2)10-11-27(22(28)17-13-15(3)12-16(4)14-17)23-25-20-19(29-5)9-8-18(24)21(20)30-23/h8-9,12-14H,6-7,10-11H2,1-5H3. The Labute approximate surface area is 187 Å². The molecule has 7 heteroatoms. The lowest BCUT2D eigenvalue weighted by molar-refractivity contribution is 0.0983. The zero-order chi connectivity index (χ0) is 21.8. The molecule has 0 aliphatic carbocycles. The third-order valence-electron chi connectivity index (χ3n) is 5.15.